The summed E-state index contributed by atoms with van der Waals surface area (Å²) in [7, 11) is 0. The largest absolute Gasteiger partial charge is 0.384 e. The van der Waals surface area contributed by atoms with E-state index in [0.29, 0.717) is 11.1 Å². The van der Waals surface area contributed by atoms with Crippen LogP contribution in [0.15, 0.2) is 18.2 Å². The number of benzene rings is 1. The number of aliphatic hydroxyl groups excluding tert-OH is 1. The molecule has 0 aromatic heterocycles. The van der Waals surface area contributed by atoms with Crippen molar-refractivity contribution in [2.75, 3.05) is 19.7 Å². The second-order valence-corrected chi connectivity index (χ2v) is 4.62. The molecule has 1 heterocycles. The number of rotatable bonds is 1. The molecule has 6 heteroatoms. The van der Waals surface area contributed by atoms with Crippen LogP contribution in [0.1, 0.15) is 21.5 Å². The van der Waals surface area contributed by atoms with Crippen LogP contribution in [0.2, 0.25) is 0 Å². The summed E-state index contributed by atoms with van der Waals surface area (Å²) in [6.07, 6.45) is 0. The number of hydrogen-bond donors (Lipinski definition) is 2. The van der Waals surface area contributed by atoms with Crippen LogP contribution in [0.3, 0.4) is 0 Å². The molecule has 21 heavy (non-hydrogen) atoms. The SMILES string of the molecule is Cc1ccc(C#CCO)cc1C(=O)N1CC(=O)NC(=O)C1. The number of piperazine rings is 1. The lowest BCUT2D eigenvalue weighted by atomic mass is 10.0. The number of nitrogens with zero attached hydrogens (tertiary/aromatic N) is 1. The molecule has 3 amide bonds. The van der Waals surface area contributed by atoms with Gasteiger partial charge in [0.2, 0.25) is 11.8 Å². The van der Waals surface area contributed by atoms with E-state index in [-0.39, 0.29) is 25.6 Å². The van der Waals surface area contributed by atoms with Gasteiger partial charge in [0.1, 0.15) is 19.7 Å². The molecule has 0 spiro atoms. The van der Waals surface area contributed by atoms with Crippen LogP contribution in [0.5, 0.6) is 0 Å². The van der Waals surface area contributed by atoms with E-state index in [1.807, 2.05) is 0 Å². The van der Waals surface area contributed by atoms with Gasteiger partial charge in [0.25, 0.3) is 5.91 Å². The Balaban J connectivity index is 2.29. The van der Waals surface area contributed by atoms with Crippen molar-refractivity contribution in [2.45, 2.75) is 6.92 Å². The summed E-state index contributed by atoms with van der Waals surface area (Å²) < 4.78 is 0. The number of imide groups is 1. The monoisotopic (exact) mass is 286 g/mol. The van der Waals surface area contributed by atoms with Gasteiger partial charge in [-0.25, -0.2) is 0 Å². The standard InChI is InChI=1S/C15H14N2O4/c1-10-4-5-11(3-2-6-18)7-12(10)15(21)17-8-13(19)16-14(20)9-17/h4-5,7,18H,6,8-9H2,1H3,(H,16,19,20). The maximum absolute atomic E-state index is 12.4. The zero-order valence-electron chi connectivity index (χ0n) is 11.5. The highest BCUT2D eigenvalue weighted by Crippen LogP contribution is 2.14. The van der Waals surface area contributed by atoms with Crippen LogP contribution in [-0.4, -0.2) is 47.4 Å². The van der Waals surface area contributed by atoms with Crippen molar-refractivity contribution in [3.63, 3.8) is 0 Å². The lowest BCUT2D eigenvalue weighted by molar-refractivity contribution is -0.135. The second-order valence-electron chi connectivity index (χ2n) is 4.62. The summed E-state index contributed by atoms with van der Waals surface area (Å²) in [5.41, 5.74) is 1.71. The predicted molar refractivity (Wildman–Crippen MR) is 74.2 cm³/mol. The van der Waals surface area contributed by atoms with Crippen LogP contribution in [0, 0.1) is 18.8 Å². The van der Waals surface area contributed by atoms with E-state index < -0.39 is 11.8 Å². The van der Waals surface area contributed by atoms with Crippen molar-refractivity contribution in [1.29, 1.82) is 0 Å². The van der Waals surface area contributed by atoms with Crippen LogP contribution < -0.4 is 5.32 Å². The van der Waals surface area contributed by atoms with Gasteiger partial charge in [0, 0.05) is 11.1 Å². The highest BCUT2D eigenvalue weighted by Gasteiger charge is 2.27. The average molecular weight is 286 g/mol. The second kappa shape index (κ2) is 6.20. The lowest BCUT2D eigenvalue weighted by Gasteiger charge is -2.26. The van der Waals surface area contributed by atoms with E-state index in [1.54, 1.807) is 25.1 Å². The Labute approximate surface area is 121 Å². The fourth-order valence-corrected chi connectivity index (χ4v) is 2.02. The predicted octanol–water partition coefficient (Wildman–Crippen LogP) is -0.563. The van der Waals surface area contributed by atoms with Crippen LogP contribution in [0.25, 0.3) is 0 Å². The van der Waals surface area contributed by atoms with Gasteiger partial charge in [-0.3, -0.25) is 19.7 Å². The minimum atomic E-state index is -0.492. The molecule has 0 bridgehead atoms. The molecular weight excluding hydrogens is 272 g/mol. The summed E-state index contributed by atoms with van der Waals surface area (Å²) in [6, 6.07) is 5.07. The zero-order chi connectivity index (χ0) is 15.4. The highest BCUT2D eigenvalue weighted by atomic mass is 16.2. The maximum Gasteiger partial charge on any atom is 0.255 e. The molecule has 6 nitrogen and oxygen atoms in total. The summed E-state index contributed by atoms with van der Waals surface area (Å²) in [6.45, 7) is 1.22. The van der Waals surface area contributed by atoms with Crippen LogP contribution >= 0.6 is 0 Å². The lowest BCUT2D eigenvalue weighted by Crippen LogP contribution is -2.53. The Morgan fingerprint density at radius 2 is 2.00 bits per heavy atom. The molecule has 2 rings (SSSR count). The molecule has 1 aliphatic rings. The quantitative estimate of drug-likeness (QED) is 0.535. The molecule has 1 fully saturated rings. The zero-order valence-corrected chi connectivity index (χ0v) is 11.5. The highest BCUT2D eigenvalue weighted by molar-refractivity contribution is 6.06. The molecular formula is C15H14N2O4. The Morgan fingerprint density at radius 1 is 1.33 bits per heavy atom. The topological polar surface area (TPSA) is 86.7 Å². The van der Waals surface area contributed by atoms with Gasteiger partial charge in [-0.05, 0) is 24.6 Å². The van der Waals surface area contributed by atoms with Gasteiger partial charge < -0.3 is 10.0 Å². The number of hydrogen-bond acceptors (Lipinski definition) is 4. The Morgan fingerprint density at radius 3 is 2.62 bits per heavy atom. The molecule has 0 atom stereocenters. The van der Waals surface area contributed by atoms with Crippen LogP contribution in [0.4, 0.5) is 0 Å². The molecule has 0 radical (unpaired) electrons. The normalized spacial score (nSPS) is 14.3. The van der Waals surface area contributed by atoms with Crippen molar-refractivity contribution in [3.8, 4) is 11.8 Å². The molecule has 108 valence electrons. The first-order valence-corrected chi connectivity index (χ1v) is 6.33. The molecule has 1 aliphatic heterocycles. The summed E-state index contributed by atoms with van der Waals surface area (Å²) in [5.74, 6) is 3.86. The van der Waals surface area contributed by atoms with Crippen molar-refractivity contribution in [3.05, 3.63) is 34.9 Å². The van der Waals surface area contributed by atoms with Gasteiger partial charge in [-0.15, -0.1) is 0 Å². The fraction of sp³-hybridized carbons (Fsp3) is 0.267. The van der Waals surface area contributed by atoms with Crippen molar-refractivity contribution in [2.24, 2.45) is 0 Å². The minimum absolute atomic E-state index is 0.142. The van der Waals surface area contributed by atoms with Crippen LogP contribution in [-0.2, 0) is 9.59 Å². The molecule has 1 aromatic carbocycles. The molecule has 1 saturated heterocycles. The summed E-state index contributed by atoms with van der Waals surface area (Å²) in [5, 5.41) is 10.8. The smallest absolute Gasteiger partial charge is 0.255 e. The summed E-state index contributed by atoms with van der Waals surface area (Å²) in [4.78, 5) is 36.3. The van der Waals surface area contributed by atoms with Gasteiger partial charge in [0.15, 0.2) is 0 Å². The number of aryl methyl sites for hydroxylation is 1. The number of amides is 3. The van der Waals surface area contributed by atoms with Gasteiger partial charge in [-0.2, -0.15) is 0 Å². The number of carbonyl (C=O) groups excluding carboxylic acids is 3. The third-order valence-electron chi connectivity index (χ3n) is 3.01. The van der Waals surface area contributed by atoms with Gasteiger partial charge in [0.05, 0.1) is 0 Å². The third-order valence-corrected chi connectivity index (χ3v) is 3.01. The molecule has 0 unspecified atom stereocenters. The van der Waals surface area contributed by atoms with Gasteiger partial charge in [-0.1, -0.05) is 17.9 Å². The minimum Gasteiger partial charge on any atom is -0.384 e. The van der Waals surface area contributed by atoms with Crippen molar-refractivity contribution < 1.29 is 19.5 Å². The van der Waals surface area contributed by atoms with E-state index >= 15 is 0 Å². The van der Waals surface area contributed by atoms with E-state index in [1.165, 1.54) is 4.90 Å². The summed E-state index contributed by atoms with van der Waals surface area (Å²) >= 11 is 0. The molecule has 1 aromatic rings. The van der Waals surface area contributed by atoms with Crippen molar-refractivity contribution >= 4 is 17.7 Å². The first-order valence-electron chi connectivity index (χ1n) is 6.33. The maximum atomic E-state index is 12.4. The Kier molecular flexibility index (Phi) is 4.36. The Hall–Kier alpha value is -2.65. The number of nitrogens with one attached hydrogen (secondary N) is 1. The van der Waals surface area contributed by atoms with E-state index in [2.05, 4.69) is 17.2 Å². The van der Waals surface area contributed by atoms with E-state index in [4.69, 9.17) is 5.11 Å². The Bertz CT molecular complexity index is 654. The molecule has 2 N–H and O–H groups in total. The average Bonchev–Trinajstić information content (AvgIpc) is 2.44. The van der Waals surface area contributed by atoms with E-state index in [9.17, 15) is 14.4 Å². The van der Waals surface area contributed by atoms with E-state index in [0.717, 1.165) is 5.56 Å². The molecule has 0 aliphatic carbocycles. The van der Waals surface area contributed by atoms with Crippen molar-refractivity contribution in [1.82, 2.24) is 10.2 Å². The fourth-order valence-electron chi connectivity index (χ4n) is 2.02. The first-order chi connectivity index (χ1) is 10.0. The number of aliphatic hydroxyl groups is 1. The number of carbonyl (C=O) groups is 3. The molecule has 0 saturated carbocycles. The van der Waals surface area contributed by atoms with Gasteiger partial charge >= 0.3 is 0 Å². The third kappa shape index (κ3) is 3.46. The first kappa shape index (κ1) is 14.8.